The Morgan fingerprint density at radius 2 is 1.90 bits per heavy atom. The molecule has 0 spiro atoms. The maximum atomic E-state index is 10.1. The summed E-state index contributed by atoms with van der Waals surface area (Å²) in [6, 6.07) is 0. The van der Waals surface area contributed by atoms with E-state index < -0.39 is 10.3 Å². The normalized spacial score (nSPS) is 11.3. The van der Waals surface area contributed by atoms with Crippen LogP contribution in [0.1, 0.15) is 0 Å². The Labute approximate surface area is 56.5 Å². The van der Waals surface area contributed by atoms with Gasteiger partial charge in [0.25, 0.3) is 0 Å². The Hall–Kier alpha value is -1.15. The van der Waals surface area contributed by atoms with Crippen molar-refractivity contribution in [1.82, 2.24) is 14.9 Å². The van der Waals surface area contributed by atoms with Crippen LogP contribution in [0.4, 0.5) is 0 Å². The maximum Gasteiger partial charge on any atom is 0.371 e. The molecule has 1 aromatic heterocycles. The summed E-state index contributed by atoms with van der Waals surface area (Å²) in [4.78, 5) is 1.68. The largest absolute Gasteiger partial charge is 0.371 e. The van der Waals surface area contributed by atoms with Gasteiger partial charge in [0.15, 0.2) is 0 Å². The van der Waals surface area contributed by atoms with Crippen molar-refractivity contribution in [3.63, 3.8) is 0 Å². The van der Waals surface area contributed by atoms with Gasteiger partial charge in [-0.15, -0.1) is 10.2 Å². The van der Waals surface area contributed by atoms with Gasteiger partial charge in [-0.25, -0.2) is 4.68 Å². The summed E-state index contributed by atoms with van der Waals surface area (Å²) in [6.45, 7) is 0. The third kappa shape index (κ3) is 1.99. The summed E-state index contributed by atoms with van der Waals surface area (Å²) in [5.74, 6) is 0. The van der Waals surface area contributed by atoms with Crippen molar-refractivity contribution in [1.29, 1.82) is 0 Å². The molecule has 8 heteroatoms. The quantitative estimate of drug-likeness (QED) is 0.525. The van der Waals surface area contributed by atoms with Crippen molar-refractivity contribution in [2.45, 2.75) is 0 Å². The fraction of sp³-hybridized carbons (Fsp3) is 0. The third-order valence-electron chi connectivity index (χ3n) is 0.640. The van der Waals surface area contributed by atoms with E-state index in [4.69, 9.17) is 4.55 Å². The van der Waals surface area contributed by atoms with Gasteiger partial charge in [0, 0.05) is 0 Å². The van der Waals surface area contributed by atoms with Crippen LogP contribution in [0.15, 0.2) is 12.7 Å². The molecule has 56 valence electrons. The first-order valence-corrected chi connectivity index (χ1v) is 3.62. The Morgan fingerprint density at radius 3 is 2.30 bits per heavy atom. The Balaban J connectivity index is 2.75. The van der Waals surface area contributed by atoms with Crippen molar-refractivity contribution in [2.75, 3.05) is 4.83 Å². The summed E-state index contributed by atoms with van der Waals surface area (Å²) in [5.41, 5.74) is 0. The predicted octanol–water partition coefficient (Wildman–Crippen LogP) is -1.38. The fourth-order valence-electron chi connectivity index (χ4n) is 0.381. The monoisotopic (exact) mass is 164 g/mol. The van der Waals surface area contributed by atoms with Gasteiger partial charge in [-0.2, -0.15) is 13.2 Å². The lowest BCUT2D eigenvalue weighted by Gasteiger charge is -1.98. The van der Waals surface area contributed by atoms with Gasteiger partial charge in [0.2, 0.25) is 0 Å². The highest BCUT2D eigenvalue weighted by molar-refractivity contribution is 7.86. The Bertz CT molecular complexity index is 288. The van der Waals surface area contributed by atoms with Crippen molar-refractivity contribution < 1.29 is 13.0 Å². The van der Waals surface area contributed by atoms with E-state index in [2.05, 4.69) is 10.2 Å². The van der Waals surface area contributed by atoms with Gasteiger partial charge in [0.05, 0.1) is 0 Å². The number of aromatic nitrogens is 3. The lowest BCUT2D eigenvalue weighted by atomic mass is 11.3. The summed E-state index contributed by atoms with van der Waals surface area (Å²) >= 11 is 0. The number of rotatable bonds is 2. The van der Waals surface area contributed by atoms with Crippen LogP contribution in [0.3, 0.4) is 0 Å². The molecular formula is C2H4N4O3S. The average Bonchev–Trinajstić information content (AvgIpc) is 2.12. The third-order valence-corrected chi connectivity index (χ3v) is 1.08. The van der Waals surface area contributed by atoms with Crippen LogP contribution >= 0.6 is 0 Å². The summed E-state index contributed by atoms with van der Waals surface area (Å²) < 4.78 is 29.2. The summed E-state index contributed by atoms with van der Waals surface area (Å²) in [7, 11) is -4.21. The fourth-order valence-corrected chi connectivity index (χ4v) is 0.742. The molecule has 0 aliphatic rings. The van der Waals surface area contributed by atoms with E-state index >= 15 is 0 Å². The summed E-state index contributed by atoms with van der Waals surface area (Å²) in [5, 5.41) is 6.56. The molecule has 1 heterocycles. The SMILES string of the molecule is O=S(=O)(O)Nn1cnnc1. The molecule has 0 bridgehead atoms. The minimum atomic E-state index is -4.21. The van der Waals surface area contributed by atoms with E-state index in [1.165, 1.54) is 0 Å². The average molecular weight is 164 g/mol. The van der Waals surface area contributed by atoms with Crippen LogP contribution in [-0.2, 0) is 10.3 Å². The van der Waals surface area contributed by atoms with Gasteiger partial charge in [-0.3, -0.25) is 4.55 Å². The highest BCUT2D eigenvalue weighted by Crippen LogP contribution is 1.79. The molecular weight excluding hydrogens is 160 g/mol. The van der Waals surface area contributed by atoms with Crippen LogP contribution in [0.2, 0.25) is 0 Å². The van der Waals surface area contributed by atoms with Gasteiger partial charge in [-0.05, 0) is 0 Å². The smallest absolute Gasteiger partial charge is 0.268 e. The first-order chi connectivity index (χ1) is 4.58. The van der Waals surface area contributed by atoms with E-state index in [0.717, 1.165) is 17.3 Å². The molecule has 0 aliphatic heterocycles. The van der Waals surface area contributed by atoms with E-state index in [-0.39, 0.29) is 0 Å². The van der Waals surface area contributed by atoms with E-state index in [0.29, 0.717) is 0 Å². The molecule has 2 N–H and O–H groups in total. The molecule has 0 fully saturated rings. The van der Waals surface area contributed by atoms with Gasteiger partial charge in [-0.1, -0.05) is 0 Å². The molecule has 7 nitrogen and oxygen atoms in total. The second kappa shape index (κ2) is 2.23. The minimum absolute atomic E-state index is 0.898. The zero-order chi connectivity index (χ0) is 7.61. The zero-order valence-electron chi connectivity index (χ0n) is 4.67. The van der Waals surface area contributed by atoms with Crippen LogP contribution in [-0.4, -0.2) is 27.8 Å². The molecule has 0 aliphatic carbocycles. The Kier molecular flexibility index (Phi) is 1.55. The zero-order valence-corrected chi connectivity index (χ0v) is 5.48. The second-order valence-corrected chi connectivity index (χ2v) is 2.57. The van der Waals surface area contributed by atoms with Gasteiger partial charge < -0.3 is 0 Å². The highest BCUT2D eigenvalue weighted by atomic mass is 32.2. The van der Waals surface area contributed by atoms with Gasteiger partial charge >= 0.3 is 10.3 Å². The predicted molar refractivity (Wildman–Crippen MR) is 30.9 cm³/mol. The first kappa shape index (κ1) is 6.96. The van der Waals surface area contributed by atoms with Crippen LogP contribution < -0.4 is 4.83 Å². The number of nitrogens with one attached hydrogen (secondary N) is 1. The highest BCUT2D eigenvalue weighted by Gasteiger charge is 2.00. The van der Waals surface area contributed by atoms with Crippen molar-refractivity contribution >= 4 is 10.3 Å². The molecule has 0 atom stereocenters. The maximum absolute atomic E-state index is 10.1. The van der Waals surface area contributed by atoms with Crippen LogP contribution in [0.25, 0.3) is 0 Å². The topological polar surface area (TPSA) is 97.1 Å². The molecule has 0 aromatic carbocycles. The van der Waals surface area contributed by atoms with Crippen molar-refractivity contribution in [3.05, 3.63) is 12.7 Å². The molecule has 1 rings (SSSR count). The number of hydrogen-bond acceptors (Lipinski definition) is 4. The first-order valence-electron chi connectivity index (χ1n) is 2.18. The second-order valence-electron chi connectivity index (χ2n) is 1.44. The lowest BCUT2D eigenvalue weighted by molar-refractivity contribution is 0.483. The van der Waals surface area contributed by atoms with E-state index in [9.17, 15) is 8.42 Å². The van der Waals surface area contributed by atoms with Crippen molar-refractivity contribution in [2.24, 2.45) is 0 Å². The molecule has 1 aromatic rings. The number of hydrogen-bond donors (Lipinski definition) is 2. The molecule has 0 radical (unpaired) electrons. The standard InChI is InChI=1S/C2H4N4O3S/c7-10(8,9)5-6-1-3-4-2-6/h1-2,5H,(H,7,8,9). The van der Waals surface area contributed by atoms with Crippen LogP contribution in [0, 0.1) is 0 Å². The van der Waals surface area contributed by atoms with Gasteiger partial charge in [0.1, 0.15) is 12.7 Å². The van der Waals surface area contributed by atoms with Crippen LogP contribution in [0.5, 0.6) is 0 Å². The minimum Gasteiger partial charge on any atom is -0.268 e. The molecule has 10 heavy (non-hydrogen) atoms. The lowest BCUT2D eigenvalue weighted by Crippen LogP contribution is -2.20. The molecule has 0 unspecified atom stereocenters. The summed E-state index contributed by atoms with van der Waals surface area (Å²) in [6.07, 6.45) is 2.18. The molecule has 0 amide bonds. The Morgan fingerprint density at radius 1 is 1.40 bits per heavy atom. The number of nitrogens with zero attached hydrogens (tertiary/aromatic N) is 3. The molecule has 0 saturated heterocycles. The van der Waals surface area contributed by atoms with Crippen molar-refractivity contribution in [3.8, 4) is 0 Å². The molecule has 0 saturated carbocycles. The van der Waals surface area contributed by atoms with E-state index in [1.54, 1.807) is 4.83 Å². The van der Waals surface area contributed by atoms with E-state index in [1.807, 2.05) is 0 Å².